The van der Waals surface area contributed by atoms with E-state index in [1.165, 1.54) is 51.5 Å². The second-order valence-corrected chi connectivity index (χ2v) is 5.87. The molecule has 0 unspecified atom stereocenters. The molecule has 0 saturated heterocycles. The average Bonchev–Trinajstić information content (AvgIpc) is 2.89. The Morgan fingerprint density at radius 2 is 1.60 bits per heavy atom. The predicted octanol–water partition coefficient (Wildman–Crippen LogP) is 2.29. The summed E-state index contributed by atoms with van der Waals surface area (Å²) in [7, 11) is 0. The molecule has 15 heavy (non-hydrogen) atoms. The molecule has 0 aliphatic heterocycles. The van der Waals surface area contributed by atoms with Gasteiger partial charge in [0.25, 0.3) is 0 Å². The van der Waals surface area contributed by atoms with Gasteiger partial charge in [0, 0.05) is 13.1 Å². The van der Waals surface area contributed by atoms with E-state index in [9.17, 15) is 0 Å². The minimum absolute atomic E-state index is 0.494. The van der Waals surface area contributed by atoms with E-state index in [1.807, 2.05) is 0 Å². The standard InChI is InChI=1S/C13H26N2/c1-2-12(5-3-4-6-12)10-15-11-13(9-14)7-8-13/h15H,2-11,14H2,1H3. The maximum atomic E-state index is 5.79. The van der Waals surface area contributed by atoms with Crippen molar-refractivity contribution in [3.63, 3.8) is 0 Å². The lowest BCUT2D eigenvalue weighted by atomic mass is 9.83. The molecule has 2 nitrogen and oxygen atoms in total. The zero-order valence-electron chi connectivity index (χ0n) is 10.1. The van der Waals surface area contributed by atoms with E-state index in [2.05, 4.69) is 12.2 Å². The van der Waals surface area contributed by atoms with Crippen LogP contribution in [0.5, 0.6) is 0 Å². The molecule has 0 atom stereocenters. The van der Waals surface area contributed by atoms with Crippen LogP contribution >= 0.6 is 0 Å². The third-order valence-corrected chi connectivity index (χ3v) is 4.80. The van der Waals surface area contributed by atoms with Crippen LogP contribution in [0.15, 0.2) is 0 Å². The van der Waals surface area contributed by atoms with Gasteiger partial charge in [0.15, 0.2) is 0 Å². The number of hydrogen-bond acceptors (Lipinski definition) is 2. The minimum atomic E-state index is 0.494. The van der Waals surface area contributed by atoms with Gasteiger partial charge in [-0.2, -0.15) is 0 Å². The first-order valence-corrected chi connectivity index (χ1v) is 6.65. The SMILES string of the molecule is CCC1(CNCC2(CN)CC2)CCCC1. The predicted molar refractivity (Wildman–Crippen MR) is 64.8 cm³/mol. The Hall–Kier alpha value is -0.0800. The first kappa shape index (κ1) is 11.4. The van der Waals surface area contributed by atoms with E-state index < -0.39 is 0 Å². The molecular formula is C13H26N2. The van der Waals surface area contributed by atoms with Crippen molar-refractivity contribution in [3.05, 3.63) is 0 Å². The summed E-state index contributed by atoms with van der Waals surface area (Å²) < 4.78 is 0. The van der Waals surface area contributed by atoms with Crippen LogP contribution in [-0.2, 0) is 0 Å². The largest absolute Gasteiger partial charge is 0.330 e. The molecule has 2 saturated carbocycles. The van der Waals surface area contributed by atoms with Gasteiger partial charge >= 0.3 is 0 Å². The lowest BCUT2D eigenvalue weighted by molar-refractivity contribution is 0.260. The van der Waals surface area contributed by atoms with Crippen LogP contribution in [-0.4, -0.2) is 19.6 Å². The highest BCUT2D eigenvalue weighted by Crippen LogP contribution is 2.44. The zero-order chi connectivity index (χ0) is 10.8. The lowest BCUT2D eigenvalue weighted by Gasteiger charge is -2.29. The highest BCUT2D eigenvalue weighted by molar-refractivity contribution is 4.96. The normalized spacial score (nSPS) is 26.8. The fourth-order valence-electron chi connectivity index (χ4n) is 3.00. The van der Waals surface area contributed by atoms with Crippen LogP contribution in [0.2, 0.25) is 0 Å². The van der Waals surface area contributed by atoms with Crippen LogP contribution in [0.25, 0.3) is 0 Å². The maximum Gasteiger partial charge on any atom is 0.00201 e. The summed E-state index contributed by atoms with van der Waals surface area (Å²) in [5, 5.41) is 3.69. The van der Waals surface area contributed by atoms with E-state index in [4.69, 9.17) is 5.73 Å². The fraction of sp³-hybridized carbons (Fsp3) is 1.00. The number of rotatable bonds is 6. The van der Waals surface area contributed by atoms with Gasteiger partial charge < -0.3 is 11.1 Å². The number of hydrogen-bond donors (Lipinski definition) is 2. The molecule has 3 N–H and O–H groups in total. The summed E-state index contributed by atoms with van der Waals surface area (Å²) in [4.78, 5) is 0. The van der Waals surface area contributed by atoms with Gasteiger partial charge in [-0.1, -0.05) is 19.8 Å². The third-order valence-electron chi connectivity index (χ3n) is 4.80. The minimum Gasteiger partial charge on any atom is -0.330 e. The van der Waals surface area contributed by atoms with E-state index in [1.54, 1.807) is 0 Å². The fourth-order valence-corrected chi connectivity index (χ4v) is 3.00. The molecule has 0 aromatic heterocycles. The monoisotopic (exact) mass is 210 g/mol. The van der Waals surface area contributed by atoms with Crippen LogP contribution in [0.4, 0.5) is 0 Å². The molecule has 0 aromatic carbocycles. The Balaban J connectivity index is 1.72. The molecule has 2 aliphatic rings. The molecular weight excluding hydrogens is 184 g/mol. The summed E-state index contributed by atoms with van der Waals surface area (Å²) in [6.07, 6.45) is 9.79. The van der Waals surface area contributed by atoms with Crippen molar-refractivity contribution >= 4 is 0 Å². The molecule has 0 bridgehead atoms. The Morgan fingerprint density at radius 3 is 2.07 bits per heavy atom. The first-order chi connectivity index (χ1) is 7.24. The molecule has 2 aliphatic carbocycles. The van der Waals surface area contributed by atoms with Crippen molar-refractivity contribution in [2.24, 2.45) is 16.6 Å². The summed E-state index contributed by atoms with van der Waals surface area (Å²) in [5.74, 6) is 0. The molecule has 2 fully saturated rings. The highest BCUT2D eigenvalue weighted by atomic mass is 14.9. The van der Waals surface area contributed by atoms with Gasteiger partial charge in [-0.05, 0) is 49.5 Å². The quantitative estimate of drug-likeness (QED) is 0.706. The molecule has 2 heteroatoms. The Bertz CT molecular complexity index is 203. The molecule has 2 rings (SSSR count). The van der Waals surface area contributed by atoms with Gasteiger partial charge in [-0.15, -0.1) is 0 Å². The summed E-state index contributed by atoms with van der Waals surface area (Å²) >= 11 is 0. The van der Waals surface area contributed by atoms with Crippen molar-refractivity contribution in [3.8, 4) is 0 Å². The smallest absolute Gasteiger partial charge is 0.00201 e. The lowest BCUT2D eigenvalue weighted by Crippen LogP contribution is -2.37. The maximum absolute atomic E-state index is 5.79. The number of nitrogens with two attached hydrogens (primary N) is 1. The summed E-state index contributed by atoms with van der Waals surface area (Å²) in [5.41, 5.74) is 6.91. The average molecular weight is 210 g/mol. The van der Waals surface area contributed by atoms with Crippen LogP contribution in [0, 0.1) is 10.8 Å². The van der Waals surface area contributed by atoms with Crippen molar-refractivity contribution in [2.75, 3.05) is 19.6 Å². The molecule has 0 radical (unpaired) electrons. The summed E-state index contributed by atoms with van der Waals surface area (Å²) in [6.45, 7) is 5.61. The van der Waals surface area contributed by atoms with Gasteiger partial charge in [0.1, 0.15) is 0 Å². The Kier molecular flexibility index (Phi) is 3.36. The Morgan fingerprint density at radius 1 is 1.00 bits per heavy atom. The van der Waals surface area contributed by atoms with Crippen LogP contribution in [0.1, 0.15) is 51.9 Å². The second kappa shape index (κ2) is 4.42. The van der Waals surface area contributed by atoms with Gasteiger partial charge in [0.05, 0.1) is 0 Å². The molecule has 0 aromatic rings. The number of nitrogens with one attached hydrogen (secondary N) is 1. The van der Waals surface area contributed by atoms with Crippen LogP contribution < -0.4 is 11.1 Å². The first-order valence-electron chi connectivity index (χ1n) is 6.65. The second-order valence-electron chi connectivity index (χ2n) is 5.87. The van der Waals surface area contributed by atoms with E-state index in [0.29, 0.717) is 10.8 Å². The zero-order valence-corrected chi connectivity index (χ0v) is 10.1. The van der Waals surface area contributed by atoms with Crippen molar-refractivity contribution < 1.29 is 0 Å². The van der Waals surface area contributed by atoms with Crippen molar-refractivity contribution in [1.82, 2.24) is 5.32 Å². The Labute approximate surface area is 94.0 Å². The van der Waals surface area contributed by atoms with E-state index in [0.717, 1.165) is 13.1 Å². The highest BCUT2D eigenvalue weighted by Gasteiger charge is 2.41. The third kappa shape index (κ3) is 2.54. The van der Waals surface area contributed by atoms with E-state index in [-0.39, 0.29) is 0 Å². The topological polar surface area (TPSA) is 38.0 Å². The van der Waals surface area contributed by atoms with Gasteiger partial charge in [-0.3, -0.25) is 0 Å². The van der Waals surface area contributed by atoms with Gasteiger partial charge in [-0.25, -0.2) is 0 Å². The summed E-state index contributed by atoms with van der Waals surface area (Å²) in [6, 6.07) is 0. The van der Waals surface area contributed by atoms with E-state index >= 15 is 0 Å². The van der Waals surface area contributed by atoms with Gasteiger partial charge in [0.2, 0.25) is 0 Å². The van der Waals surface area contributed by atoms with Crippen LogP contribution in [0.3, 0.4) is 0 Å². The molecule has 0 heterocycles. The molecule has 0 spiro atoms. The van der Waals surface area contributed by atoms with Crippen molar-refractivity contribution in [2.45, 2.75) is 51.9 Å². The molecule has 88 valence electrons. The molecule has 0 amide bonds. The van der Waals surface area contributed by atoms with Crippen molar-refractivity contribution in [1.29, 1.82) is 0 Å².